The number of rotatable bonds is 6. The minimum atomic E-state index is -0.246. The van der Waals surface area contributed by atoms with Gasteiger partial charge in [0.15, 0.2) is 12.2 Å². The third-order valence-corrected chi connectivity index (χ3v) is 6.90. The molecule has 34 heavy (non-hydrogen) atoms. The van der Waals surface area contributed by atoms with Crippen molar-refractivity contribution in [3.8, 4) is 17.2 Å². The van der Waals surface area contributed by atoms with Crippen molar-refractivity contribution in [2.75, 3.05) is 11.9 Å². The van der Waals surface area contributed by atoms with Crippen LogP contribution in [0, 0.1) is 0 Å². The summed E-state index contributed by atoms with van der Waals surface area (Å²) in [6, 6.07) is 18.6. The second kappa shape index (κ2) is 10.1. The summed E-state index contributed by atoms with van der Waals surface area (Å²) in [5, 5.41) is 3.74. The number of aromatic nitrogens is 1. The van der Waals surface area contributed by atoms with Crippen molar-refractivity contribution in [1.82, 2.24) is 4.98 Å². The number of fused-ring (bicyclic) bond motifs is 1. The molecule has 1 heterocycles. The first-order valence-corrected chi connectivity index (χ1v) is 12.2. The maximum Gasteiger partial charge on any atom is 0.262 e. The number of ether oxygens (including phenoxy) is 1. The lowest BCUT2D eigenvalue weighted by atomic mass is 9.84. The summed E-state index contributed by atoms with van der Waals surface area (Å²) >= 11 is 12.1. The number of carbonyl (C=O) groups is 1. The van der Waals surface area contributed by atoms with Crippen molar-refractivity contribution in [2.24, 2.45) is 0 Å². The number of carbonyl (C=O) groups excluding carboxylic acids is 1. The Morgan fingerprint density at radius 3 is 2.53 bits per heavy atom. The standard InChI is InChI=1S/C27H24Cl2N2O3/c28-22-12-8-19(14-23(22)29)27-31-24-15-20(9-13-25(24)34-27)30-26(32)16-33-21-10-6-18(7-11-21)17-4-2-1-3-5-17/h6-15,17H,1-5,16H2,(H,30,32). The molecule has 1 aromatic heterocycles. The molecule has 3 aromatic carbocycles. The number of hydrogen-bond donors (Lipinski definition) is 1. The van der Waals surface area contributed by atoms with Crippen LogP contribution in [0.1, 0.15) is 43.6 Å². The molecule has 174 valence electrons. The lowest BCUT2D eigenvalue weighted by Gasteiger charge is -2.22. The minimum Gasteiger partial charge on any atom is -0.484 e. The summed E-state index contributed by atoms with van der Waals surface area (Å²) in [6.45, 7) is -0.0752. The average molecular weight is 495 g/mol. The molecule has 0 bridgehead atoms. The third-order valence-electron chi connectivity index (χ3n) is 6.16. The van der Waals surface area contributed by atoms with Gasteiger partial charge in [-0.2, -0.15) is 0 Å². The van der Waals surface area contributed by atoms with Crippen molar-refractivity contribution in [1.29, 1.82) is 0 Å². The smallest absolute Gasteiger partial charge is 0.262 e. The molecule has 0 spiro atoms. The van der Waals surface area contributed by atoms with Crippen LogP contribution >= 0.6 is 23.2 Å². The fourth-order valence-corrected chi connectivity index (χ4v) is 4.67. The van der Waals surface area contributed by atoms with Crippen LogP contribution in [0.5, 0.6) is 5.75 Å². The van der Waals surface area contributed by atoms with Gasteiger partial charge in [-0.1, -0.05) is 54.6 Å². The lowest BCUT2D eigenvalue weighted by molar-refractivity contribution is -0.118. The van der Waals surface area contributed by atoms with Crippen LogP contribution in [0.25, 0.3) is 22.6 Å². The van der Waals surface area contributed by atoms with Crippen LogP contribution in [-0.4, -0.2) is 17.5 Å². The number of nitrogens with zero attached hydrogens (tertiary/aromatic N) is 1. The first-order valence-electron chi connectivity index (χ1n) is 11.4. The van der Waals surface area contributed by atoms with Crippen LogP contribution in [0.4, 0.5) is 5.69 Å². The van der Waals surface area contributed by atoms with E-state index >= 15 is 0 Å². The summed E-state index contributed by atoms with van der Waals surface area (Å²) in [4.78, 5) is 16.9. The normalized spacial score (nSPS) is 14.3. The summed E-state index contributed by atoms with van der Waals surface area (Å²) < 4.78 is 11.5. The lowest BCUT2D eigenvalue weighted by Crippen LogP contribution is -2.20. The Kier molecular flexibility index (Phi) is 6.75. The SMILES string of the molecule is O=C(COc1ccc(C2CCCCC2)cc1)Nc1ccc2oc(-c3ccc(Cl)c(Cl)c3)nc2c1. The summed E-state index contributed by atoms with van der Waals surface area (Å²) in [5.41, 5.74) is 3.92. The number of oxazole rings is 1. The second-order valence-corrected chi connectivity index (χ2v) is 9.39. The molecule has 5 rings (SSSR count). The number of anilines is 1. The van der Waals surface area contributed by atoms with Gasteiger partial charge in [-0.25, -0.2) is 4.98 Å². The molecule has 0 unspecified atom stereocenters. The zero-order chi connectivity index (χ0) is 23.5. The highest BCUT2D eigenvalue weighted by atomic mass is 35.5. The van der Waals surface area contributed by atoms with E-state index in [1.165, 1.54) is 37.7 Å². The van der Waals surface area contributed by atoms with Gasteiger partial charge in [0, 0.05) is 11.3 Å². The van der Waals surface area contributed by atoms with Crippen molar-refractivity contribution in [3.05, 3.63) is 76.3 Å². The second-order valence-electron chi connectivity index (χ2n) is 8.57. The van der Waals surface area contributed by atoms with E-state index in [2.05, 4.69) is 22.4 Å². The first-order chi connectivity index (χ1) is 16.5. The molecular weight excluding hydrogens is 471 g/mol. The number of amides is 1. The molecule has 0 saturated heterocycles. The van der Waals surface area contributed by atoms with Gasteiger partial charge in [0.25, 0.3) is 5.91 Å². The van der Waals surface area contributed by atoms with Crippen LogP contribution in [0.15, 0.2) is 65.1 Å². The zero-order valence-corrected chi connectivity index (χ0v) is 20.0. The number of benzene rings is 3. The zero-order valence-electron chi connectivity index (χ0n) is 18.5. The van der Waals surface area contributed by atoms with Gasteiger partial charge in [0.2, 0.25) is 5.89 Å². The Bertz CT molecular complexity index is 1310. The van der Waals surface area contributed by atoms with Crippen molar-refractivity contribution < 1.29 is 13.9 Å². The maximum absolute atomic E-state index is 12.4. The predicted molar refractivity (Wildman–Crippen MR) is 136 cm³/mol. The predicted octanol–water partition coefficient (Wildman–Crippen LogP) is 7.87. The molecule has 7 heteroatoms. The Morgan fingerprint density at radius 1 is 0.971 bits per heavy atom. The highest BCUT2D eigenvalue weighted by molar-refractivity contribution is 6.42. The molecule has 1 aliphatic rings. The molecule has 1 fully saturated rings. The Labute approximate surface area is 208 Å². The topological polar surface area (TPSA) is 64.4 Å². The fourth-order valence-electron chi connectivity index (χ4n) is 4.38. The highest BCUT2D eigenvalue weighted by Gasteiger charge is 2.16. The van der Waals surface area contributed by atoms with Gasteiger partial charge in [-0.15, -0.1) is 0 Å². The van der Waals surface area contributed by atoms with E-state index in [-0.39, 0.29) is 12.5 Å². The van der Waals surface area contributed by atoms with Crippen LogP contribution < -0.4 is 10.1 Å². The number of halogens is 2. The molecule has 1 aliphatic carbocycles. The van der Waals surface area contributed by atoms with Crippen molar-refractivity contribution in [2.45, 2.75) is 38.0 Å². The maximum atomic E-state index is 12.4. The number of nitrogens with one attached hydrogen (secondary N) is 1. The Morgan fingerprint density at radius 2 is 1.76 bits per heavy atom. The van der Waals surface area contributed by atoms with E-state index in [1.54, 1.807) is 36.4 Å². The van der Waals surface area contributed by atoms with Crippen LogP contribution in [0.2, 0.25) is 10.0 Å². The molecule has 0 aliphatic heterocycles. The summed E-state index contributed by atoms with van der Waals surface area (Å²) in [6.07, 6.45) is 6.47. The molecule has 4 aromatic rings. The van der Waals surface area contributed by atoms with E-state index in [0.717, 1.165) is 5.56 Å². The van der Waals surface area contributed by atoms with E-state index in [4.69, 9.17) is 32.4 Å². The molecular formula is C27H24Cl2N2O3. The average Bonchev–Trinajstić information content (AvgIpc) is 3.29. The summed E-state index contributed by atoms with van der Waals surface area (Å²) in [7, 11) is 0. The van der Waals surface area contributed by atoms with E-state index in [0.29, 0.717) is 44.4 Å². The van der Waals surface area contributed by atoms with Crippen molar-refractivity contribution in [3.63, 3.8) is 0 Å². The van der Waals surface area contributed by atoms with Gasteiger partial charge in [-0.05, 0) is 72.9 Å². The van der Waals surface area contributed by atoms with E-state index in [1.807, 2.05) is 12.1 Å². The first kappa shape index (κ1) is 22.8. The van der Waals surface area contributed by atoms with Gasteiger partial charge in [-0.3, -0.25) is 4.79 Å². The van der Waals surface area contributed by atoms with Gasteiger partial charge < -0.3 is 14.5 Å². The molecule has 1 amide bonds. The van der Waals surface area contributed by atoms with Crippen LogP contribution in [0.3, 0.4) is 0 Å². The molecule has 0 radical (unpaired) electrons. The van der Waals surface area contributed by atoms with Gasteiger partial charge in [0.05, 0.1) is 10.0 Å². The van der Waals surface area contributed by atoms with Crippen LogP contribution in [-0.2, 0) is 4.79 Å². The Balaban J connectivity index is 1.20. The van der Waals surface area contributed by atoms with Gasteiger partial charge >= 0.3 is 0 Å². The quantitative estimate of drug-likeness (QED) is 0.296. The molecule has 1 N–H and O–H groups in total. The summed E-state index contributed by atoms with van der Waals surface area (Å²) in [5.74, 6) is 1.52. The van der Waals surface area contributed by atoms with Crippen molar-refractivity contribution >= 4 is 45.9 Å². The van der Waals surface area contributed by atoms with Gasteiger partial charge in [0.1, 0.15) is 11.3 Å². The van der Waals surface area contributed by atoms with E-state index in [9.17, 15) is 4.79 Å². The highest BCUT2D eigenvalue weighted by Crippen LogP contribution is 2.33. The minimum absolute atomic E-state index is 0.0752. The Hall–Kier alpha value is -3.02. The third kappa shape index (κ3) is 5.21. The number of hydrogen-bond acceptors (Lipinski definition) is 4. The molecule has 0 atom stereocenters. The monoisotopic (exact) mass is 494 g/mol. The largest absolute Gasteiger partial charge is 0.484 e. The fraction of sp³-hybridized carbons (Fsp3) is 0.259. The molecule has 1 saturated carbocycles. The molecule has 5 nitrogen and oxygen atoms in total. The van der Waals surface area contributed by atoms with E-state index < -0.39 is 0 Å².